The molecular formula is C17H28N2O2. The molecule has 1 unspecified atom stereocenters. The van der Waals surface area contributed by atoms with Gasteiger partial charge in [-0.15, -0.1) is 0 Å². The van der Waals surface area contributed by atoms with Crippen LogP contribution in [-0.4, -0.2) is 50.2 Å². The van der Waals surface area contributed by atoms with Crippen LogP contribution in [0.5, 0.6) is 0 Å². The first kappa shape index (κ1) is 14.0. The largest absolute Gasteiger partial charge is 0.378 e. The second-order valence-electron chi connectivity index (χ2n) is 8.19. The van der Waals surface area contributed by atoms with Crippen molar-refractivity contribution < 1.29 is 9.53 Å². The summed E-state index contributed by atoms with van der Waals surface area (Å²) in [6.45, 7) is 3.02. The van der Waals surface area contributed by atoms with Gasteiger partial charge in [0.2, 0.25) is 5.91 Å². The molecule has 4 saturated carbocycles. The highest BCUT2D eigenvalue weighted by Gasteiger charge is 2.51. The van der Waals surface area contributed by atoms with Crippen molar-refractivity contribution in [3.05, 3.63) is 0 Å². The minimum absolute atomic E-state index is 0.127. The molecule has 1 N–H and O–H groups in total. The lowest BCUT2D eigenvalue weighted by molar-refractivity contribution is -0.140. The number of nitrogens with zero attached hydrogens (tertiary/aromatic N) is 1. The quantitative estimate of drug-likeness (QED) is 0.860. The van der Waals surface area contributed by atoms with E-state index >= 15 is 0 Å². The number of morpholine rings is 1. The second kappa shape index (κ2) is 5.24. The van der Waals surface area contributed by atoms with Crippen LogP contribution < -0.4 is 5.32 Å². The average molecular weight is 292 g/mol. The Morgan fingerprint density at radius 2 is 1.81 bits per heavy atom. The number of hydrogen-bond acceptors (Lipinski definition) is 3. The van der Waals surface area contributed by atoms with Gasteiger partial charge in [0.25, 0.3) is 0 Å². The van der Waals surface area contributed by atoms with Crippen LogP contribution in [0.3, 0.4) is 0 Å². The molecular weight excluding hydrogens is 264 g/mol. The summed E-state index contributed by atoms with van der Waals surface area (Å²) < 4.78 is 5.44. The fraction of sp³-hybridized carbons (Fsp3) is 0.941. The van der Waals surface area contributed by atoms with Gasteiger partial charge in [-0.3, -0.25) is 4.79 Å². The third kappa shape index (κ3) is 2.61. The lowest BCUT2D eigenvalue weighted by Gasteiger charge is -2.57. The van der Waals surface area contributed by atoms with E-state index in [1.807, 2.05) is 11.9 Å². The SMILES string of the molecule is CN(CC12CC3CC(CC(C3)C1)C2)C(=O)C1COCCN1. The normalized spacial score (nSPS) is 44.8. The summed E-state index contributed by atoms with van der Waals surface area (Å²) in [4.78, 5) is 14.6. The maximum atomic E-state index is 12.6. The van der Waals surface area contributed by atoms with Crippen LogP contribution in [0.15, 0.2) is 0 Å². The molecule has 0 aromatic heterocycles. The highest BCUT2D eigenvalue weighted by Crippen LogP contribution is 2.60. The van der Waals surface area contributed by atoms with Crippen LogP contribution >= 0.6 is 0 Å². The number of rotatable bonds is 3. The van der Waals surface area contributed by atoms with Gasteiger partial charge in [-0.1, -0.05) is 0 Å². The van der Waals surface area contributed by atoms with Crippen LogP contribution in [0, 0.1) is 23.2 Å². The third-order valence-electron chi connectivity index (χ3n) is 6.33. The number of hydrogen-bond donors (Lipinski definition) is 1. The maximum absolute atomic E-state index is 12.6. The van der Waals surface area contributed by atoms with Gasteiger partial charge in [-0.25, -0.2) is 0 Å². The van der Waals surface area contributed by atoms with E-state index in [1.54, 1.807) is 0 Å². The van der Waals surface area contributed by atoms with Crippen molar-refractivity contribution in [2.24, 2.45) is 23.2 Å². The summed E-state index contributed by atoms with van der Waals surface area (Å²) in [5, 5.41) is 3.29. The number of likely N-dealkylation sites (N-methyl/N-ethyl adjacent to an activating group) is 1. The smallest absolute Gasteiger partial charge is 0.241 e. The Morgan fingerprint density at radius 1 is 1.19 bits per heavy atom. The Hall–Kier alpha value is -0.610. The lowest BCUT2D eigenvalue weighted by Crippen LogP contribution is -2.56. The van der Waals surface area contributed by atoms with Crippen molar-refractivity contribution >= 4 is 5.91 Å². The Labute approximate surface area is 127 Å². The van der Waals surface area contributed by atoms with Gasteiger partial charge in [0.05, 0.1) is 13.2 Å². The minimum Gasteiger partial charge on any atom is -0.378 e. The van der Waals surface area contributed by atoms with E-state index < -0.39 is 0 Å². The summed E-state index contributed by atoms with van der Waals surface area (Å²) in [7, 11) is 2.00. The van der Waals surface area contributed by atoms with Crippen LogP contribution in [0.4, 0.5) is 0 Å². The molecule has 4 bridgehead atoms. The third-order valence-corrected chi connectivity index (χ3v) is 6.33. The number of carbonyl (C=O) groups is 1. The molecule has 118 valence electrons. The van der Waals surface area contributed by atoms with Gasteiger partial charge in [0.15, 0.2) is 0 Å². The fourth-order valence-electron chi connectivity index (χ4n) is 6.05. The standard InChI is InChI=1S/C17H28N2O2/c1-19(16(20)15-10-21-3-2-18-15)11-17-7-12-4-13(8-17)6-14(5-12)9-17/h12-15,18H,2-11H2,1H3. The molecule has 4 nitrogen and oxygen atoms in total. The highest BCUT2D eigenvalue weighted by atomic mass is 16.5. The Balaban J connectivity index is 1.41. The van der Waals surface area contributed by atoms with Gasteiger partial charge >= 0.3 is 0 Å². The molecule has 1 aliphatic heterocycles. The maximum Gasteiger partial charge on any atom is 0.241 e. The zero-order valence-corrected chi connectivity index (χ0v) is 13.1. The summed E-state index contributed by atoms with van der Waals surface area (Å²) in [6, 6.07) is -0.127. The average Bonchev–Trinajstić information content (AvgIpc) is 2.45. The molecule has 0 radical (unpaired) electrons. The highest BCUT2D eigenvalue weighted by molar-refractivity contribution is 5.82. The molecule has 4 aliphatic carbocycles. The number of nitrogens with one attached hydrogen (secondary N) is 1. The molecule has 1 heterocycles. The predicted molar refractivity (Wildman–Crippen MR) is 80.9 cm³/mol. The van der Waals surface area contributed by atoms with Gasteiger partial charge in [-0.2, -0.15) is 0 Å². The number of amides is 1. The monoisotopic (exact) mass is 292 g/mol. The number of carbonyl (C=O) groups excluding carboxylic acids is 1. The van der Waals surface area contributed by atoms with E-state index in [0.717, 1.165) is 37.5 Å². The van der Waals surface area contributed by atoms with Crippen LogP contribution in [0.1, 0.15) is 38.5 Å². The number of ether oxygens (including phenoxy) is 1. The summed E-state index contributed by atoms with van der Waals surface area (Å²) in [6.07, 6.45) is 8.50. The first-order chi connectivity index (χ1) is 10.1. The molecule has 1 saturated heterocycles. The molecule has 0 aromatic rings. The molecule has 4 heteroatoms. The first-order valence-corrected chi connectivity index (χ1v) is 8.70. The molecule has 5 rings (SSSR count). The molecule has 21 heavy (non-hydrogen) atoms. The van der Waals surface area contributed by atoms with Crippen molar-refractivity contribution in [2.45, 2.75) is 44.6 Å². The zero-order chi connectivity index (χ0) is 14.4. The van der Waals surface area contributed by atoms with E-state index in [9.17, 15) is 4.79 Å². The van der Waals surface area contributed by atoms with Gasteiger partial charge in [-0.05, 0) is 61.7 Å². The van der Waals surface area contributed by atoms with E-state index in [1.165, 1.54) is 38.5 Å². The van der Waals surface area contributed by atoms with Crippen molar-refractivity contribution in [1.29, 1.82) is 0 Å². The molecule has 0 spiro atoms. The van der Waals surface area contributed by atoms with Gasteiger partial charge in [0, 0.05) is 20.1 Å². The molecule has 1 atom stereocenters. The topological polar surface area (TPSA) is 41.6 Å². The molecule has 5 aliphatic rings. The summed E-state index contributed by atoms with van der Waals surface area (Å²) in [5.41, 5.74) is 0.439. The summed E-state index contributed by atoms with van der Waals surface area (Å²) in [5.74, 6) is 3.09. The molecule has 5 fully saturated rings. The fourth-order valence-corrected chi connectivity index (χ4v) is 6.05. The van der Waals surface area contributed by atoms with Gasteiger partial charge in [0.1, 0.15) is 6.04 Å². The van der Waals surface area contributed by atoms with E-state index in [-0.39, 0.29) is 11.9 Å². The van der Waals surface area contributed by atoms with E-state index in [0.29, 0.717) is 12.0 Å². The van der Waals surface area contributed by atoms with Crippen molar-refractivity contribution in [2.75, 3.05) is 33.4 Å². The lowest BCUT2D eigenvalue weighted by atomic mass is 9.49. The Kier molecular flexibility index (Phi) is 3.49. The minimum atomic E-state index is -0.127. The van der Waals surface area contributed by atoms with Crippen molar-refractivity contribution in [1.82, 2.24) is 10.2 Å². The van der Waals surface area contributed by atoms with Crippen LogP contribution in [0.2, 0.25) is 0 Å². The Morgan fingerprint density at radius 3 is 2.33 bits per heavy atom. The molecule has 0 aromatic carbocycles. The first-order valence-electron chi connectivity index (χ1n) is 8.70. The van der Waals surface area contributed by atoms with Crippen molar-refractivity contribution in [3.63, 3.8) is 0 Å². The zero-order valence-electron chi connectivity index (χ0n) is 13.1. The Bertz CT molecular complexity index is 382. The van der Waals surface area contributed by atoms with Crippen LogP contribution in [0.25, 0.3) is 0 Å². The predicted octanol–water partition coefficient (Wildman–Crippen LogP) is 1.65. The molecule has 1 amide bonds. The van der Waals surface area contributed by atoms with Crippen molar-refractivity contribution in [3.8, 4) is 0 Å². The van der Waals surface area contributed by atoms with Gasteiger partial charge < -0.3 is 15.0 Å². The van der Waals surface area contributed by atoms with E-state index in [4.69, 9.17) is 4.74 Å². The second-order valence-corrected chi connectivity index (χ2v) is 8.19. The summed E-state index contributed by atoms with van der Waals surface area (Å²) >= 11 is 0. The van der Waals surface area contributed by atoms with Crippen LogP contribution in [-0.2, 0) is 9.53 Å². The van der Waals surface area contributed by atoms with E-state index in [2.05, 4.69) is 5.32 Å².